The van der Waals surface area contributed by atoms with E-state index in [4.69, 9.17) is 0 Å². The molecule has 0 bridgehead atoms. The third kappa shape index (κ3) is 6.74. The highest BCUT2D eigenvalue weighted by Gasteiger charge is 2.18. The molecular formula is C56H44N4. The molecule has 9 aromatic carbocycles. The van der Waals surface area contributed by atoms with Gasteiger partial charge in [-0.3, -0.25) is 0 Å². The summed E-state index contributed by atoms with van der Waals surface area (Å²) in [7, 11) is 4.29. The second-order valence-corrected chi connectivity index (χ2v) is 15.1. The second-order valence-electron chi connectivity index (χ2n) is 15.1. The molecule has 10 aromatic rings. The Morgan fingerprint density at radius 2 is 0.633 bits per heavy atom. The maximum absolute atomic E-state index is 2.37. The molecule has 0 radical (unpaired) electrons. The van der Waals surface area contributed by atoms with Crippen molar-refractivity contribution in [1.29, 1.82) is 0 Å². The van der Waals surface area contributed by atoms with E-state index in [2.05, 4.69) is 264 Å². The van der Waals surface area contributed by atoms with Gasteiger partial charge >= 0.3 is 0 Å². The Morgan fingerprint density at radius 1 is 0.300 bits per heavy atom. The van der Waals surface area contributed by atoms with Crippen LogP contribution in [0.25, 0.3) is 49.7 Å². The molecule has 0 atom stereocenters. The normalized spacial score (nSPS) is 11.2. The van der Waals surface area contributed by atoms with E-state index in [-0.39, 0.29) is 0 Å². The standard InChI is InChI=1S/C56H44N4/c1-57(53-25-13-9-21-49(53)41-17-5-3-6-18-41)43-29-33-45(34-30-43)59(46-35-31-44(32-36-46)58(2)54-26-14-10-22-50(54)42-19-7-4-8-20-42)47-37-39-48(40-38-47)60-55-27-15-11-23-51(55)52-24-12-16-28-56(52)60/h3-40H,1-2H3. The summed E-state index contributed by atoms with van der Waals surface area (Å²) >= 11 is 0. The third-order valence-electron chi connectivity index (χ3n) is 11.6. The predicted octanol–water partition coefficient (Wildman–Crippen LogP) is 15.1. The maximum Gasteiger partial charge on any atom is 0.0541 e. The minimum absolute atomic E-state index is 1.07. The molecule has 288 valence electrons. The zero-order valence-corrected chi connectivity index (χ0v) is 33.7. The molecule has 0 aliphatic carbocycles. The van der Waals surface area contributed by atoms with Crippen molar-refractivity contribution in [3.05, 3.63) is 231 Å². The van der Waals surface area contributed by atoms with Crippen molar-refractivity contribution in [2.24, 2.45) is 0 Å². The molecule has 4 heteroatoms. The highest BCUT2D eigenvalue weighted by atomic mass is 15.2. The van der Waals surface area contributed by atoms with Gasteiger partial charge in [-0.1, -0.05) is 133 Å². The molecule has 0 saturated heterocycles. The van der Waals surface area contributed by atoms with Gasteiger partial charge in [0.2, 0.25) is 0 Å². The molecule has 10 rings (SSSR count). The van der Waals surface area contributed by atoms with Crippen molar-refractivity contribution in [2.45, 2.75) is 0 Å². The van der Waals surface area contributed by atoms with Crippen LogP contribution in [0, 0.1) is 0 Å². The van der Waals surface area contributed by atoms with E-state index in [0.717, 1.165) is 45.5 Å². The molecule has 4 nitrogen and oxygen atoms in total. The van der Waals surface area contributed by atoms with Crippen LogP contribution < -0.4 is 14.7 Å². The number of hydrogen-bond acceptors (Lipinski definition) is 3. The van der Waals surface area contributed by atoms with Crippen LogP contribution in [0.3, 0.4) is 0 Å². The van der Waals surface area contributed by atoms with Crippen LogP contribution in [0.1, 0.15) is 0 Å². The van der Waals surface area contributed by atoms with E-state index >= 15 is 0 Å². The quantitative estimate of drug-likeness (QED) is 0.138. The van der Waals surface area contributed by atoms with E-state index in [1.165, 1.54) is 44.1 Å². The maximum atomic E-state index is 2.37. The molecule has 0 aliphatic heterocycles. The number of aromatic nitrogens is 1. The molecular weight excluding hydrogens is 729 g/mol. The van der Waals surface area contributed by atoms with Crippen LogP contribution in [0.4, 0.5) is 39.8 Å². The molecule has 0 aliphatic rings. The van der Waals surface area contributed by atoms with Gasteiger partial charge in [0.05, 0.1) is 11.0 Å². The number of hydrogen-bond donors (Lipinski definition) is 0. The molecule has 1 heterocycles. The fourth-order valence-corrected chi connectivity index (χ4v) is 8.58. The zero-order valence-electron chi connectivity index (χ0n) is 33.7. The fourth-order valence-electron chi connectivity index (χ4n) is 8.58. The second kappa shape index (κ2) is 15.8. The van der Waals surface area contributed by atoms with Gasteiger partial charge in [-0.15, -0.1) is 0 Å². The van der Waals surface area contributed by atoms with Crippen molar-refractivity contribution in [2.75, 3.05) is 28.8 Å². The van der Waals surface area contributed by atoms with Crippen LogP contribution >= 0.6 is 0 Å². The molecule has 1 aromatic heterocycles. The molecule has 0 spiro atoms. The zero-order chi connectivity index (χ0) is 40.4. The van der Waals surface area contributed by atoms with Crippen molar-refractivity contribution in [3.8, 4) is 27.9 Å². The molecule has 0 unspecified atom stereocenters. The van der Waals surface area contributed by atoms with Gasteiger partial charge in [0.1, 0.15) is 0 Å². The van der Waals surface area contributed by atoms with Gasteiger partial charge < -0.3 is 19.3 Å². The van der Waals surface area contributed by atoms with Gasteiger partial charge in [0.15, 0.2) is 0 Å². The van der Waals surface area contributed by atoms with E-state index in [9.17, 15) is 0 Å². The van der Waals surface area contributed by atoms with Crippen LogP contribution in [0.2, 0.25) is 0 Å². The number of anilines is 7. The summed E-state index contributed by atoms with van der Waals surface area (Å²) in [6.07, 6.45) is 0. The average Bonchev–Trinajstić information content (AvgIpc) is 3.67. The average molecular weight is 773 g/mol. The van der Waals surface area contributed by atoms with E-state index in [1.54, 1.807) is 0 Å². The lowest BCUT2D eigenvalue weighted by molar-refractivity contribution is 1.17. The lowest BCUT2D eigenvalue weighted by Gasteiger charge is -2.28. The smallest absolute Gasteiger partial charge is 0.0541 e. The van der Waals surface area contributed by atoms with Crippen molar-refractivity contribution < 1.29 is 0 Å². The lowest BCUT2D eigenvalue weighted by Crippen LogP contribution is -2.13. The van der Waals surface area contributed by atoms with Gasteiger partial charge in [0, 0.05) is 81.5 Å². The first-order valence-corrected chi connectivity index (χ1v) is 20.5. The molecule has 0 amide bonds. The first-order valence-electron chi connectivity index (χ1n) is 20.5. The molecule has 0 fully saturated rings. The Balaban J connectivity index is 1.03. The van der Waals surface area contributed by atoms with Crippen LogP contribution in [0.15, 0.2) is 231 Å². The molecule has 0 saturated carbocycles. The topological polar surface area (TPSA) is 14.7 Å². The number of benzene rings is 9. The third-order valence-corrected chi connectivity index (χ3v) is 11.6. The SMILES string of the molecule is CN(c1ccc(N(c2ccc(N(C)c3ccccc3-c3ccccc3)cc2)c2ccc(-n3c4ccccc4c4ccccc43)cc2)cc1)c1ccccc1-c1ccccc1. The minimum atomic E-state index is 1.07. The first-order chi connectivity index (χ1) is 29.6. The molecule has 60 heavy (non-hydrogen) atoms. The van der Waals surface area contributed by atoms with Crippen molar-refractivity contribution in [3.63, 3.8) is 0 Å². The van der Waals surface area contributed by atoms with Gasteiger partial charge in [-0.05, 0) is 108 Å². The van der Waals surface area contributed by atoms with Gasteiger partial charge in [0.25, 0.3) is 0 Å². The first kappa shape index (κ1) is 36.5. The largest absolute Gasteiger partial charge is 0.344 e. The van der Waals surface area contributed by atoms with Gasteiger partial charge in [-0.25, -0.2) is 0 Å². The van der Waals surface area contributed by atoms with E-state index in [1.807, 2.05) is 0 Å². The number of nitrogens with zero attached hydrogens (tertiary/aromatic N) is 4. The summed E-state index contributed by atoms with van der Waals surface area (Å²) in [4.78, 5) is 6.89. The predicted molar refractivity (Wildman–Crippen MR) is 255 cm³/mol. The van der Waals surface area contributed by atoms with Crippen molar-refractivity contribution >= 4 is 61.6 Å². The monoisotopic (exact) mass is 772 g/mol. The Bertz CT molecular complexity index is 2860. The highest BCUT2D eigenvalue weighted by Crippen LogP contribution is 2.41. The summed E-state index contributed by atoms with van der Waals surface area (Å²) in [5.74, 6) is 0. The summed E-state index contributed by atoms with van der Waals surface area (Å²) < 4.78 is 2.37. The number of rotatable bonds is 10. The van der Waals surface area contributed by atoms with Crippen LogP contribution in [0.5, 0.6) is 0 Å². The Morgan fingerprint density at radius 3 is 1.07 bits per heavy atom. The summed E-state index contributed by atoms with van der Waals surface area (Å²) in [5, 5.41) is 2.51. The van der Waals surface area contributed by atoms with Crippen LogP contribution in [-0.4, -0.2) is 18.7 Å². The number of fused-ring (bicyclic) bond motifs is 3. The molecule has 0 N–H and O–H groups in total. The van der Waals surface area contributed by atoms with E-state index in [0.29, 0.717) is 0 Å². The fraction of sp³-hybridized carbons (Fsp3) is 0.0357. The Labute approximate surface area is 352 Å². The summed E-state index contributed by atoms with van der Waals surface area (Å²) in [5.41, 5.74) is 16.1. The number of para-hydroxylation sites is 4. The highest BCUT2D eigenvalue weighted by molar-refractivity contribution is 6.09. The van der Waals surface area contributed by atoms with Crippen LogP contribution in [-0.2, 0) is 0 Å². The minimum Gasteiger partial charge on any atom is -0.344 e. The van der Waals surface area contributed by atoms with Crippen molar-refractivity contribution in [1.82, 2.24) is 4.57 Å². The summed E-state index contributed by atoms with van der Waals surface area (Å²) in [6, 6.07) is 82.5. The lowest BCUT2D eigenvalue weighted by atomic mass is 10.0. The Kier molecular flexibility index (Phi) is 9.64. The Hall–Kier alpha value is -7.82. The van der Waals surface area contributed by atoms with E-state index < -0.39 is 0 Å². The van der Waals surface area contributed by atoms with Gasteiger partial charge in [-0.2, -0.15) is 0 Å². The summed E-state index contributed by atoms with van der Waals surface area (Å²) in [6.45, 7) is 0.